The molecule has 0 radical (unpaired) electrons. The SMILES string of the molecule is CC(=O)OC[C@H]1O[C@H](C#CCC2CCCCC2)C=C[C@@H]1OC(C)=O. The van der Waals surface area contributed by atoms with Crippen LogP contribution in [0.25, 0.3) is 0 Å². The van der Waals surface area contributed by atoms with Gasteiger partial charge in [0.1, 0.15) is 24.9 Å². The fraction of sp³-hybridized carbons (Fsp3) is 0.684. The molecule has 1 saturated carbocycles. The molecule has 0 unspecified atom stereocenters. The van der Waals surface area contributed by atoms with E-state index in [-0.39, 0.29) is 12.7 Å². The Morgan fingerprint density at radius 1 is 1.12 bits per heavy atom. The molecule has 1 aliphatic heterocycles. The second-order valence-corrected chi connectivity index (χ2v) is 6.39. The summed E-state index contributed by atoms with van der Waals surface area (Å²) in [5.41, 5.74) is 0. The maximum absolute atomic E-state index is 11.2. The molecule has 0 aromatic heterocycles. The number of esters is 2. The lowest BCUT2D eigenvalue weighted by atomic mass is 9.87. The molecule has 0 N–H and O–H groups in total. The molecular formula is C19H26O5. The van der Waals surface area contributed by atoms with Gasteiger partial charge in [0.05, 0.1) is 0 Å². The largest absolute Gasteiger partial charge is 0.463 e. The highest BCUT2D eigenvalue weighted by Crippen LogP contribution is 2.25. The summed E-state index contributed by atoms with van der Waals surface area (Å²) in [5, 5.41) is 0. The topological polar surface area (TPSA) is 61.8 Å². The van der Waals surface area contributed by atoms with Gasteiger partial charge in [-0.3, -0.25) is 9.59 Å². The minimum Gasteiger partial charge on any atom is -0.463 e. The summed E-state index contributed by atoms with van der Waals surface area (Å²) in [4.78, 5) is 22.2. The number of hydrogen-bond donors (Lipinski definition) is 0. The number of hydrogen-bond acceptors (Lipinski definition) is 5. The van der Waals surface area contributed by atoms with Crippen LogP contribution in [0, 0.1) is 17.8 Å². The zero-order chi connectivity index (χ0) is 17.4. The van der Waals surface area contributed by atoms with Gasteiger partial charge < -0.3 is 14.2 Å². The Balaban J connectivity index is 1.91. The van der Waals surface area contributed by atoms with Crippen LogP contribution in [0.3, 0.4) is 0 Å². The van der Waals surface area contributed by atoms with Crippen LogP contribution >= 0.6 is 0 Å². The molecule has 1 fully saturated rings. The number of rotatable bonds is 4. The van der Waals surface area contributed by atoms with E-state index in [0.29, 0.717) is 5.92 Å². The van der Waals surface area contributed by atoms with E-state index < -0.39 is 24.1 Å². The molecule has 1 aliphatic carbocycles. The van der Waals surface area contributed by atoms with Gasteiger partial charge in [0.2, 0.25) is 0 Å². The zero-order valence-electron chi connectivity index (χ0n) is 14.5. The Labute approximate surface area is 143 Å². The van der Waals surface area contributed by atoms with Crippen molar-refractivity contribution in [1.82, 2.24) is 0 Å². The Kier molecular flexibility index (Phi) is 7.33. The zero-order valence-corrected chi connectivity index (χ0v) is 14.5. The summed E-state index contributed by atoms with van der Waals surface area (Å²) < 4.78 is 16.0. The smallest absolute Gasteiger partial charge is 0.303 e. The average molecular weight is 334 g/mol. The van der Waals surface area contributed by atoms with Gasteiger partial charge in [-0.2, -0.15) is 0 Å². The van der Waals surface area contributed by atoms with Crippen LogP contribution in [0.1, 0.15) is 52.4 Å². The first-order valence-electron chi connectivity index (χ1n) is 8.67. The summed E-state index contributed by atoms with van der Waals surface area (Å²) in [5.74, 6) is 6.25. The number of ether oxygens (including phenoxy) is 3. The van der Waals surface area contributed by atoms with Gasteiger partial charge in [0.15, 0.2) is 0 Å². The third kappa shape index (κ3) is 6.37. The molecule has 0 bridgehead atoms. The summed E-state index contributed by atoms with van der Waals surface area (Å²) in [7, 11) is 0. The summed E-state index contributed by atoms with van der Waals surface area (Å²) in [6, 6.07) is 0. The van der Waals surface area contributed by atoms with Crippen molar-refractivity contribution in [2.45, 2.75) is 70.7 Å². The third-order valence-electron chi connectivity index (χ3n) is 4.28. The van der Waals surface area contributed by atoms with E-state index in [9.17, 15) is 9.59 Å². The van der Waals surface area contributed by atoms with Gasteiger partial charge in [0, 0.05) is 20.3 Å². The van der Waals surface area contributed by atoms with Crippen molar-refractivity contribution in [3.05, 3.63) is 12.2 Å². The quantitative estimate of drug-likeness (QED) is 0.449. The van der Waals surface area contributed by atoms with Crippen LogP contribution in [0.5, 0.6) is 0 Å². The molecule has 0 aromatic rings. The molecular weight excluding hydrogens is 308 g/mol. The molecule has 1 heterocycles. The first-order chi connectivity index (χ1) is 11.5. The highest BCUT2D eigenvalue weighted by atomic mass is 16.6. The molecule has 24 heavy (non-hydrogen) atoms. The Morgan fingerprint density at radius 2 is 1.88 bits per heavy atom. The number of carbonyl (C=O) groups is 2. The van der Waals surface area contributed by atoms with Crippen LogP contribution < -0.4 is 0 Å². The fourth-order valence-corrected chi connectivity index (χ4v) is 3.06. The molecule has 0 amide bonds. The molecule has 3 atom stereocenters. The second-order valence-electron chi connectivity index (χ2n) is 6.39. The van der Waals surface area contributed by atoms with Crippen LogP contribution in [-0.4, -0.2) is 36.9 Å². The van der Waals surface area contributed by atoms with E-state index in [2.05, 4.69) is 11.8 Å². The van der Waals surface area contributed by atoms with Crippen molar-refractivity contribution >= 4 is 11.9 Å². The van der Waals surface area contributed by atoms with Crippen LogP contribution in [0.2, 0.25) is 0 Å². The first kappa shape index (κ1) is 18.5. The second kappa shape index (κ2) is 9.48. The molecule has 132 valence electrons. The number of carbonyl (C=O) groups excluding carboxylic acids is 2. The molecule has 2 aliphatic rings. The minimum absolute atomic E-state index is 0.0401. The van der Waals surface area contributed by atoms with Crippen molar-refractivity contribution in [2.24, 2.45) is 5.92 Å². The molecule has 5 heteroatoms. The van der Waals surface area contributed by atoms with Gasteiger partial charge in [0.25, 0.3) is 0 Å². The van der Waals surface area contributed by atoms with Gasteiger partial charge in [-0.1, -0.05) is 31.1 Å². The lowest BCUT2D eigenvalue weighted by Gasteiger charge is -2.29. The van der Waals surface area contributed by atoms with E-state index in [1.54, 1.807) is 12.2 Å². The van der Waals surface area contributed by atoms with Crippen LogP contribution in [0.15, 0.2) is 12.2 Å². The maximum atomic E-state index is 11.2. The highest BCUT2D eigenvalue weighted by Gasteiger charge is 2.30. The Morgan fingerprint density at radius 3 is 2.54 bits per heavy atom. The van der Waals surface area contributed by atoms with E-state index >= 15 is 0 Å². The lowest BCUT2D eigenvalue weighted by Crippen LogP contribution is -2.41. The molecule has 2 rings (SSSR count). The monoisotopic (exact) mass is 334 g/mol. The average Bonchev–Trinajstić information content (AvgIpc) is 2.55. The van der Waals surface area contributed by atoms with E-state index in [0.717, 1.165) is 6.42 Å². The standard InChI is InChI=1S/C19H26O5/c1-14(20)22-13-19-18(23-15(2)21)12-11-17(24-19)10-6-9-16-7-4-3-5-8-16/h11-12,16-19H,3-5,7-9,13H2,1-2H3/t17-,18+,19-/m1/s1. The Bertz CT molecular complexity index is 522. The summed E-state index contributed by atoms with van der Waals surface area (Å²) >= 11 is 0. The van der Waals surface area contributed by atoms with Crippen molar-refractivity contribution in [3.63, 3.8) is 0 Å². The van der Waals surface area contributed by atoms with E-state index in [4.69, 9.17) is 14.2 Å². The molecule has 0 aromatic carbocycles. The maximum Gasteiger partial charge on any atom is 0.303 e. The van der Waals surface area contributed by atoms with Gasteiger partial charge in [-0.25, -0.2) is 0 Å². The van der Waals surface area contributed by atoms with Crippen LogP contribution in [-0.2, 0) is 23.8 Å². The molecule has 5 nitrogen and oxygen atoms in total. The Hall–Kier alpha value is -1.80. The van der Waals surface area contributed by atoms with Crippen molar-refractivity contribution < 1.29 is 23.8 Å². The third-order valence-corrected chi connectivity index (χ3v) is 4.28. The van der Waals surface area contributed by atoms with E-state index in [1.807, 2.05) is 0 Å². The predicted octanol–water partition coefficient (Wildman–Crippen LogP) is 2.78. The highest BCUT2D eigenvalue weighted by molar-refractivity contribution is 5.66. The van der Waals surface area contributed by atoms with Crippen LogP contribution in [0.4, 0.5) is 0 Å². The summed E-state index contributed by atoms with van der Waals surface area (Å²) in [6.45, 7) is 2.71. The normalized spacial score (nSPS) is 27.0. The van der Waals surface area contributed by atoms with Crippen molar-refractivity contribution in [2.75, 3.05) is 6.61 Å². The van der Waals surface area contributed by atoms with Gasteiger partial charge in [-0.05, 0) is 30.9 Å². The van der Waals surface area contributed by atoms with Gasteiger partial charge in [-0.15, -0.1) is 0 Å². The molecule has 0 spiro atoms. The van der Waals surface area contributed by atoms with Crippen molar-refractivity contribution in [1.29, 1.82) is 0 Å². The van der Waals surface area contributed by atoms with Crippen molar-refractivity contribution in [3.8, 4) is 11.8 Å². The predicted molar refractivity (Wildman–Crippen MR) is 89.0 cm³/mol. The van der Waals surface area contributed by atoms with Gasteiger partial charge >= 0.3 is 11.9 Å². The minimum atomic E-state index is -0.557. The first-order valence-corrected chi connectivity index (χ1v) is 8.67. The molecule has 0 saturated heterocycles. The summed E-state index contributed by atoms with van der Waals surface area (Å²) in [6.07, 6.45) is 9.49. The lowest BCUT2D eigenvalue weighted by molar-refractivity contribution is -0.161. The van der Waals surface area contributed by atoms with E-state index in [1.165, 1.54) is 46.0 Å². The fourth-order valence-electron chi connectivity index (χ4n) is 3.06.